The van der Waals surface area contributed by atoms with Gasteiger partial charge in [0.05, 0.1) is 23.7 Å². The van der Waals surface area contributed by atoms with Gasteiger partial charge in [0.15, 0.2) is 5.65 Å². The number of carbonyl (C=O) groups excluding carboxylic acids is 1. The molecule has 136 valence electrons. The first kappa shape index (κ1) is 18.1. The predicted molar refractivity (Wildman–Crippen MR) is 100 cm³/mol. The Morgan fingerprint density at radius 1 is 1.31 bits per heavy atom. The Morgan fingerprint density at radius 3 is 2.69 bits per heavy atom. The van der Waals surface area contributed by atoms with Gasteiger partial charge in [-0.3, -0.25) is 14.7 Å². The predicted octanol–water partition coefficient (Wildman–Crippen LogP) is 2.97. The van der Waals surface area contributed by atoms with E-state index >= 15 is 0 Å². The molecule has 0 aliphatic heterocycles. The number of hydrogen-bond acceptors (Lipinski definition) is 4. The summed E-state index contributed by atoms with van der Waals surface area (Å²) in [4.78, 5) is 34.2. The second-order valence-electron chi connectivity index (χ2n) is 6.59. The van der Waals surface area contributed by atoms with E-state index in [2.05, 4.69) is 20.2 Å². The Balaban J connectivity index is 2.04. The Kier molecular flexibility index (Phi) is 4.82. The summed E-state index contributed by atoms with van der Waals surface area (Å²) in [5.41, 5.74) is 2.89. The number of nitrogens with one attached hydrogen (secondary N) is 2. The van der Waals surface area contributed by atoms with Crippen molar-refractivity contribution in [1.82, 2.24) is 25.1 Å². The number of H-pyrrole nitrogens is 2. The van der Waals surface area contributed by atoms with Gasteiger partial charge in [0.1, 0.15) is 5.15 Å². The van der Waals surface area contributed by atoms with Crippen molar-refractivity contribution in [3.8, 4) is 0 Å². The van der Waals surface area contributed by atoms with Gasteiger partial charge in [-0.05, 0) is 45.4 Å². The van der Waals surface area contributed by atoms with Crippen molar-refractivity contribution >= 4 is 28.5 Å². The van der Waals surface area contributed by atoms with E-state index in [9.17, 15) is 9.59 Å². The van der Waals surface area contributed by atoms with E-state index in [0.717, 1.165) is 11.3 Å². The zero-order valence-electron chi connectivity index (χ0n) is 15.1. The van der Waals surface area contributed by atoms with E-state index in [4.69, 9.17) is 11.6 Å². The molecule has 3 rings (SSSR count). The van der Waals surface area contributed by atoms with Crippen LogP contribution in [0.1, 0.15) is 41.0 Å². The molecule has 0 aliphatic carbocycles. The summed E-state index contributed by atoms with van der Waals surface area (Å²) in [6, 6.07) is 3.32. The number of carbonyl (C=O) groups is 1. The fraction of sp³-hybridized carbons (Fsp3) is 0.333. The van der Waals surface area contributed by atoms with Gasteiger partial charge in [0.2, 0.25) is 0 Å². The first-order valence-electron chi connectivity index (χ1n) is 8.28. The summed E-state index contributed by atoms with van der Waals surface area (Å²) in [5.74, 6) is -0.227. The molecule has 0 saturated heterocycles. The zero-order chi connectivity index (χ0) is 19.0. The van der Waals surface area contributed by atoms with Crippen LogP contribution in [-0.4, -0.2) is 37.0 Å². The average Bonchev–Trinajstić information content (AvgIpc) is 3.00. The van der Waals surface area contributed by atoms with E-state index in [1.807, 2.05) is 33.8 Å². The van der Waals surface area contributed by atoms with E-state index in [-0.39, 0.29) is 29.2 Å². The highest BCUT2D eigenvalue weighted by molar-refractivity contribution is 6.30. The summed E-state index contributed by atoms with van der Waals surface area (Å²) in [6.45, 7) is 7.73. The molecule has 0 aromatic carbocycles. The fourth-order valence-corrected chi connectivity index (χ4v) is 3.16. The van der Waals surface area contributed by atoms with Crippen molar-refractivity contribution in [3.63, 3.8) is 0 Å². The van der Waals surface area contributed by atoms with Crippen LogP contribution in [0.15, 0.2) is 23.1 Å². The number of rotatable bonds is 4. The number of amides is 1. The average molecular weight is 374 g/mol. The summed E-state index contributed by atoms with van der Waals surface area (Å²) >= 11 is 6.05. The number of pyridine rings is 2. The topological polar surface area (TPSA) is 94.7 Å². The quantitative estimate of drug-likeness (QED) is 0.687. The Morgan fingerprint density at radius 2 is 2.04 bits per heavy atom. The summed E-state index contributed by atoms with van der Waals surface area (Å²) < 4.78 is 0. The first-order chi connectivity index (χ1) is 12.3. The maximum absolute atomic E-state index is 13.2. The van der Waals surface area contributed by atoms with Crippen molar-refractivity contribution in [2.45, 2.75) is 40.3 Å². The molecule has 3 heterocycles. The highest BCUT2D eigenvalue weighted by Gasteiger charge is 2.24. The number of aromatic nitrogens is 4. The summed E-state index contributed by atoms with van der Waals surface area (Å²) in [7, 11) is 0. The number of fused-ring (bicyclic) bond motifs is 1. The Labute approximate surface area is 155 Å². The van der Waals surface area contributed by atoms with E-state index < -0.39 is 0 Å². The van der Waals surface area contributed by atoms with Crippen LogP contribution in [0.3, 0.4) is 0 Å². The van der Waals surface area contributed by atoms with E-state index in [1.165, 1.54) is 6.07 Å². The van der Waals surface area contributed by atoms with Crippen molar-refractivity contribution < 1.29 is 4.79 Å². The molecule has 0 bridgehead atoms. The van der Waals surface area contributed by atoms with Gasteiger partial charge in [-0.15, -0.1) is 0 Å². The molecule has 0 fully saturated rings. The lowest BCUT2D eigenvalue weighted by Gasteiger charge is -2.27. The molecular formula is C18H20ClN5O2. The second-order valence-corrected chi connectivity index (χ2v) is 6.98. The van der Waals surface area contributed by atoms with Crippen LogP contribution in [0.5, 0.6) is 0 Å². The molecule has 3 aromatic heterocycles. The third kappa shape index (κ3) is 3.35. The van der Waals surface area contributed by atoms with E-state index in [0.29, 0.717) is 22.2 Å². The van der Waals surface area contributed by atoms with Gasteiger partial charge in [-0.1, -0.05) is 11.6 Å². The zero-order valence-corrected chi connectivity index (χ0v) is 15.8. The number of nitrogens with zero attached hydrogens (tertiary/aromatic N) is 3. The van der Waals surface area contributed by atoms with Gasteiger partial charge in [0, 0.05) is 17.3 Å². The standard InChI is InChI=1S/C18H20ClN5O2/c1-9(2)24(8-14-10(3)5-11(4)21-17(14)25)18(26)12-6-15(19)22-16-13(12)7-20-23-16/h5-7,9H,8H2,1-4H3,(H,21,25)(H,20,22,23). The SMILES string of the molecule is Cc1cc(C)c(CN(C(=O)c2cc(Cl)nc3[nH]ncc23)C(C)C)c(=O)[nH]1. The summed E-state index contributed by atoms with van der Waals surface area (Å²) in [6.07, 6.45) is 1.55. The Bertz CT molecular complexity index is 1040. The van der Waals surface area contributed by atoms with Crippen LogP contribution in [0.4, 0.5) is 0 Å². The monoisotopic (exact) mass is 373 g/mol. The van der Waals surface area contributed by atoms with Gasteiger partial charge in [-0.25, -0.2) is 4.98 Å². The molecule has 0 atom stereocenters. The minimum atomic E-state index is -0.227. The number of aryl methyl sites for hydroxylation is 2. The lowest BCUT2D eigenvalue weighted by atomic mass is 10.1. The van der Waals surface area contributed by atoms with Gasteiger partial charge in [-0.2, -0.15) is 5.10 Å². The largest absolute Gasteiger partial charge is 0.332 e. The number of aromatic amines is 2. The third-order valence-corrected chi connectivity index (χ3v) is 4.52. The lowest BCUT2D eigenvalue weighted by molar-refractivity contribution is 0.0691. The second kappa shape index (κ2) is 6.92. The molecule has 26 heavy (non-hydrogen) atoms. The van der Waals surface area contributed by atoms with Crippen LogP contribution in [-0.2, 0) is 6.54 Å². The highest BCUT2D eigenvalue weighted by atomic mass is 35.5. The fourth-order valence-electron chi connectivity index (χ4n) is 2.97. The van der Waals surface area contributed by atoms with Gasteiger partial charge in [0.25, 0.3) is 11.5 Å². The molecule has 2 N–H and O–H groups in total. The maximum Gasteiger partial charge on any atom is 0.255 e. The van der Waals surface area contributed by atoms with Crippen LogP contribution < -0.4 is 5.56 Å². The molecule has 0 unspecified atom stereocenters. The third-order valence-electron chi connectivity index (χ3n) is 4.33. The molecule has 0 saturated carbocycles. The molecule has 0 radical (unpaired) electrons. The van der Waals surface area contributed by atoms with Crippen molar-refractivity contribution in [2.75, 3.05) is 0 Å². The molecule has 3 aromatic rings. The first-order valence-corrected chi connectivity index (χ1v) is 8.65. The van der Waals surface area contributed by atoms with Crippen LogP contribution >= 0.6 is 11.6 Å². The van der Waals surface area contributed by atoms with Crippen molar-refractivity contribution in [2.24, 2.45) is 0 Å². The normalized spacial score (nSPS) is 11.3. The van der Waals surface area contributed by atoms with Gasteiger partial charge >= 0.3 is 0 Å². The minimum Gasteiger partial charge on any atom is -0.332 e. The van der Waals surface area contributed by atoms with E-state index in [1.54, 1.807) is 11.1 Å². The van der Waals surface area contributed by atoms with Crippen LogP contribution in [0.2, 0.25) is 5.15 Å². The smallest absolute Gasteiger partial charge is 0.255 e. The molecule has 7 nitrogen and oxygen atoms in total. The molecular weight excluding hydrogens is 354 g/mol. The highest BCUT2D eigenvalue weighted by Crippen LogP contribution is 2.22. The lowest BCUT2D eigenvalue weighted by Crippen LogP contribution is -2.38. The van der Waals surface area contributed by atoms with Gasteiger partial charge < -0.3 is 9.88 Å². The molecule has 0 spiro atoms. The minimum absolute atomic E-state index is 0.114. The number of hydrogen-bond donors (Lipinski definition) is 2. The Hall–Kier alpha value is -2.67. The van der Waals surface area contributed by atoms with Crippen LogP contribution in [0, 0.1) is 13.8 Å². The molecule has 8 heteroatoms. The van der Waals surface area contributed by atoms with Crippen molar-refractivity contribution in [1.29, 1.82) is 0 Å². The van der Waals surface area contributed by atoms with Crippen LogP contribution in [0.25, 0.3) is 11.0 Å². The number of halogens is 1. The summed E-state index contributed by atoms with van der Waals surface area (Å²) in [5, 5.41) is 7.47. The van der Waals surface area contributed by atoms with Crippen molar-refractivity contribution in [3.05, 3.63) is 56.2 Å². The maximum atomic E-state index is 13.2. The molecule has 0 aliphatic rings. The molecule has 1 amide bonds.